The van der Waals surface area contributed by atoms with Crippen LogP contribution < -0.4 is 14.8 Å². The van der Waals surface area contributed by atoms with Crippen LogP contribution in [0.1, 0.15) is 32.3 Å². The zero-order chi connectivity index (χ0) is 29.1. The van der Waals surface area contributed by atoms with Gasteiger partial charge in [-0.15, -0.1) is 12.4 Å². The van der Waals surface area contributed by atoms with E-state index in [2.05, 4.69) is 22.0 Å². The summed E-state index contributed by atoms with van der Waals surface area (Å²) in [5.41, 5.74) is 2.72. The molecular weight excluding hydrogens is 548 g/mol. The maximum absolute atomic E-state index is 12.0. The van der Waals surface area contributed by atoms with Gasteiger partial charge in [-0.3, -0.25) is 15.0 Å². The summed E-state index contributed by atoms with van der Waals surface area (Å²) in [6.07, 6.45) is 1.86. The molecule has 2 heterocycles. The van der Waals surface area contributed by atoms with Crippen molar-refractivity contribution < 1.29 is 23.9 Å². The zero-order valence-electron chi connectivity index (χ0n) is 24.4. The van der Waals surface area contributed by atoms with Crippen molar-refractivity contribution in [2.45, 2.75) is 26.7 Å². The van der Waals surface area contributed by atoms with Crippen molar-refractivity contribution in [3.63, 3.8) is 0 Å². The third kappa shape index (κ3) is 9.48. The average molecular weight is 589 g/mol. The van der Waals surface area contributed by atoms with Gasteiger partial charge in [-0.25, -0.2) is 4.79 Å². The first-order valence-electron chi connectivity index (χ1n) is 13.5. The Labute approximate surface area is 248 Å². The molecule has 2 aliphatic heterocycles. The molecule has 0 spiro atoms. The molecular formula is C30H41ClN4O6. The van der Waals surface area contributed by atoms with Crippen molar-refractivity contribution in [2.24, 2.45) is 0 Å². The SMILES string of the molecule is CCN1CCN(CCOc2ccccc2OC)CC1.COC(=O)C1=C(C)NC(C)=CC1c1cccc([N+](=O)[O-])c1.Cl. The van der Waals surface area contributed by atoms with Gasteiger partial charge in [0.05, 0.1) is 24.7 Å². The molecule has 10 nitrogen and oxygen atoms in total. The second-order valence-electron chi connectivity index (χ2n) is 9.61. The number of para-hydroxylation sites is 2. The number of allylic oxidation sites excluding steroid dienone is 3. The maximum atomic E-state index is 12.0. The number of rotatable bonds is 9. The van der Waals surface area contributed by atoms with E-state index >= 15 is 0 Å². The second kappa shape index (κ2) is 16.6. The quantitative estimate of drug-likeness (QED) is 0.252. The van der Waals surface area contributed by atoms with Gasteiger partial charge in [-0.05, 0) is 38.1 Å². The number of piperazine rings is 1. The fourth-order valence-electron chi connectivity index (χ4n) is 4.81. The Bertz CT molecular complexity index is 1230. The highest BCUT2D eigenvalue weighted by Crippen LogP contribution is 2.34. The molecule has 224 valence electrons. The first kappa shape index (κ1) is 33.6. The van der Waals surface area contributed by atoms with E-state index in [9.17, 15) is 14.9 Å². The first-order chi connectivity index (χ1) is 19.3. The molecule has 41 heavy (non-hydrogen) atoms. The van der Waals surface area contributed by atoms with Crippen molar-refractivity contribution in [1.29, 1.82) is 0 Å². The Morgan fingerprint density at radius 2 is 1.68 bits per heavy atom. The third-order valence-electron chi connectivity index (χ3n) is 7.01. The van der Waals surface area contributed by atoms with Crippen LogP contribution in [0.5, 0.6) is 11.5 Å². The molecule has 1 atom stereocenters. The number of non-ortho nitro benzene ring substituents is 1. The summed E-state index contributed by atoms with van der Waals surface area (Å²) in [5, 5.41) is 14.0. The van der Waals surface area contributed by atoms with Crippen LogP contribution >= 0.6 is 12.4 Å². The molecule has 1 N–H and O–H groups in total. The zero-order valence-corrected chi connectivity index (χ0v) is 25.2. The molecule has 0 saturated carbocycles. The molecule has 0 aromatic heterocycles. The minimum absolute atomic E-state index is 0. The van der Waals surface area contributed by atoms with Gasteiger partial charge in [-0.1, -0.05) is 37.3 Å². The van der Waals surface area contributed by atoms with Gasteiger partial charge in [0.25, 0.3) is 5.69 Å². The van der Waals surface area contributed by atoms with Gasteiger partial charge in [0.15, 0.2) is 11.5 Å². The smallest absolute Gasteiger partial charge is 0.336 e. The summed E-state index contributed by atoms with van der Waals surface area (Å²) in [6, 6.07) is 14.1. The number of likely N-dealkylation sites (N-methyl/N-ethyl adjacent to an activating group) is 1. The summed E-state index contributed by atoms with van der Waals surface area (Å²) in [5.74, 6) is 0.828. The van der Waals surface area contributed by atoms with Crippen LogP contribution in [0.4, 0.5) is 5.69 Å². The maximum Gasteiger partial charge on any atom is 0.336 e. The molecule has 4 rings (SSSR count). The van der Waals surface area contributed by atoms with Crippen LogP contribution in [0.15, 0.2) is 71.6 Å². The van der Waals surface area contributed by atoms with Crippen LogP contribution in [0.3, 0.4) is 0 Å². The van der Waals surface area contributed by atoms with E-state index in [0.29, 0.717) is 23.4 Å². The normalized spacial score (nSPS) is 17.2. The van der Waals surface area contributed by atoms with Gasteiger partial charge < -0.3 is 24.4 Å². The number of dihydropyridines is 1. The molecule has 0 amide bonds. The third-order valence-corrected chi connectivity index (χ3v) is 7.01. The molecule has 0 bridgehead atoms. The molecule has 11 heteroatoms. The molecule has 1 fully saturated rings. The number of ether oxygens (including phenoxy) is 3. The number of nitrogens with one attached hydrogen (secondary N) is 1. The van der Waals surface area contributed by atoms with E-state index in [1.165, 1.54) is 32.3 Å². The molecule has 1 unspecified atom stereocenters. The van der Waals surface area contributed by atoms with Gasteiger partial charge in [0.2, 0.25) is 0 Å². The molecule has 0 aliphatic carbocycles. The Kier molecular flexibility index (Phi) is 13.6. The number of methoxy groups -OCH3 is 2. The van der Waals surface area contributed by atoms with Gasteiger partial charge in [0.1, 0.15) is 6.61 Å². The van der Waals surface area contributed by atoms with E-state index in [4.69, 9.17) is 14.2 Å². The van der Waals surface area contributed by atoms with Crippen molar-refractivity contribution in [3.8, 4) is 11.5 Å². The predicted octanol–water partition coefficient (Wildman–Crippen LogP) is 4.77. The van der Waals surface area contributed by atoms with Crippen molar-refractivity contribution in [2.75, 3.05) is 60.1 Å². The number of halogens is 1. The van der Waals surface area contributed by atoms with Crippen molar-refractivity contribution >= 4 is 24.1 Å². The fourth-order valence-corrected chi connectivity index (χ4v) is 4.81. The highest BCUT2D eigenvalue weighted by Gasteiger charge is 2.28. The Balaban J connectivity index is 0.000000281. The van der Waals surface area contributed by atoms with Crippen LogP contribution in [0.25, 0.3) is 0 Å². The molecule has 2 aliphatic rings. The van der Waals surface area contributed by atoms with E-state index in [1.807, 2.05) is 37.3 Å². The van der Waals surface area contributed by atoms with E-state index in [0.717, 1.165) is 43.4 Å². The van der Waals surface area contributed by atoms with Crippen LogP contribution in [-0.4, -0.2) is 80.8 Å². The molecule has 2 aromatic carbocycles. The number of nitro groups is 1. The number of esters is 1. The molecule has 1 saturated heterocycles. The Hall–Kier alpha value is -3.60. The summed E-state index contributed by atoms with van der Waals surface area (Å²) in [4.78, 5) is 27.4. The lowest BCUT2D eigenvalue weighted by molar-refractivity contribution is -0.384. The number of nitro benzene ring substituents is 1. The van der Waals surface area contributed by atoms with Crippen molar-refractivity contribution in [3.05, 3.63) is 87.3 Å². The summed E-state index contributed by atoms with van der Waals surface area (Å²) >= 11 is 0. The Morgan fingerprint density at radius 3 is 2.29 bits per heavy atom. The average Bonchev–Trinajstić information content (AvgIpc) is 2.97. The number of hydrogen-bond acceptors (Lipinski definition) is 9. The second-order valence-corrected chi connectivity index (χ2v) is 9.61. The van der Waals surface area contributed by atoms with Gasteiger partial charge in [-0.2, -0.15) is 0 Å². The summed E-state index contributed by atoms with van der Waals surface area (Å²) in [7, 11) is 2.99. The highest BCUT2D eigenvalue weighted by atomic mass is 35.5. The topological polar surface area (TPSA) is 106 Å². The Morgan fingerprint density at radius 1 is 1.02 bits per heavy atom. The predicted molar refractivity (Wildman–Crippen MR) is 162 cm³/mol. The minimum atomic E-state index is -0.449. The van der Waals surface area contributed by atoms with E-state index in [1.54, 1.807) is 26.2 Å². The van der Waals surface area contributed by atoms with Gasteiger partial charge >= 0.3 is 5.97 Å². The minimum Gasteiger partial charge on any atom is -0.493 e. The summed E-state index contributed by atoms with van der Waals surface area (Å²) in [6.45, 7) is 13.4. The van der Waals surface area contributed by atoms with Crippen LogP contribution in [-0.2, 0) is 9.53 Å². The van der Waals surface area contributed by atoms with Crippen LogP contribution in [0, 0.1) is 10.1 Å². The number of hydrogen-bond donors (Lipinski definition) is 1. The number of nitrogens with zero attached hydrogens (tertiary/aromatic N) is 3. The highest BCUT2D eigenvalue weighted by molar-refractivity contribution is 5.92. The lowest BCUT2D eigenvalue weighted by Gasteiger charge is -2.33. The standard InChI is InChI=1S/C15H16N2O4.C15H24N2O2.ClH/c1-9-7-13(14(10(2)16-9)15(18)21-3)11-5-4-6-12(8-11)17(19)20;1-3-16-8-10-17(11-9-16)12-13-19-15-7-5-4-6-14(15)18-2;/h4-8,13,16H,1-3H3;4-7H,3,8-13H2,1-2H3;1H. The molecule has 0 radical (unpaired) electrons. The lowest BCUT2D eigenvalue weighted by atomic mass is 9.86. The monoisotopic (exact) mass is 588 g/mol. The molecule has 2 aromatic rings. The number of carbonyl (C=O) groups is 1. The first-order valence-corrected chi connectivity index (χ1v) is 13.5. The van der Waals surface area contributed by atoms with Crippen molar-refractivity contribution in [1.82, 2.24) is 15.1 Å². The van der Waals surface area contributed by atoms with Crippen LogP contribution in [0.2, 0.25) is 0 Å². The van der Waals surface area contributed by atoms with E-state index in [-0.39, 0.29) is 24.0 Å². The largest absolute Gasteiger partial charge is 0.493 e. The van der Waals surface area contributed by atoms with Gasteiger partial charge in [0, 0.05) is 62.2 Å². The lowest BCUT2D eigenvalue weighted by Crippen LogP contribution is -2.47. The van der Waals surface area contributed by atoms with E-state index < -0.39 is 10.9 Å². The number of carbonyl (C=O) groups excluding carboxylic acids is 1. The fraction of sp³-hybridized carbons (Fsp3) is 0.433. The number of benzene rings is 2. The summed E-state index contributed by atoms with van der Waals surface area (Å²) < 4.78 is 15.9.